The lowest BCUT2D eigenvalue weighted by Crippen LogP contribution is -2.49. The minimum atomic E-state index is -1.79. The Balaban J connectivity index is 2.31. The zero-order valence-electron chi connectivity index (χ0n) is 17.1. The SMILES string of the molecule is CCOC(=O)C1(C(=O)OCC)[C@@H](c2cccs2)N[C@@H](C(=O)OC)[C@@H]1c1ccccc1. The molecule has 0 unspecified atom stereocenters. The predicted octanol–water partition coefficient (Wildman–Crippen LogP) is 2.83. The Morgan fingerprint density at radius 2 is 1.63 bits per heavy atom. The van der Waals surface area contributed by atoms with Crippen molar-refractivity contribution in [2.45, 2.75) is 31.8 Å². The molecule has 160 valence electrons. The van der Waals surface area contributed by atoms with Crippen molar-refractivity contribution in [2.75, 3.05) is 20.3 Å². The first-order valence-corrected chi connectivity index (χ1v) is 10.7. The largest absolute Gasteiger partial charge is 0.468 e. The van der Waals surface area contributed by atoms with Crippen molar-refractivity contribution in [1.29, 1.82) is 0 Å². The third-order valence-corrected chi connectivity index (χ3v) is 6.23. The van der Waals surface area contributed by atoms with E-state index in [9.17, 15) is 14.4 Å². The topological polar surface area (TPSA) is 90.9 Å². The van der Waals surface area contributed by atoms with Gasteiger partial charge in [0.1, 0.15) is 6.04 Å². The Morgan fingerprint density at radius 1 is 1.00 bits per heavy atom. The van der Waals surface area contributed by atoms with Crippen LogP contribution in [-0.4, -0.2) is 44.3 Å². The van der Waals surface area contributed by atoms with Crippen LogP contribution in [0.4, 0.5) is 0 Å². The number of carbonyl (C=O) groups excluding carboxylic acids is 3. The lowest BCUT2D eigenvalue weighted by atomic mass is 9.67. The number of rotatable bonds is 7. The summed E-state index contributed by atoms with van der Waals surface area (Å²) >= 11 is 1.38. The van der Waals surface area contributed by atoms with Gasteiger partial charge in [-0.2, -0.15) is 0 Å². The lowest BCUT2D eigenvalue weighted by Gasteiger charge is -2.35. The molecule has 0 spiro atoms. The second kappa shape index (κ2) is 9.40. The van der Waals surface area contributed by atoms with Crippen LogP contribution in [0.15, 0.2) is 47.8 Å². The fourth-order valence-corrected chi connectivity index (χ4v) is 4.99. The molecular weight excluding hydrogens is 406 g/mol. The van der Waals surface area contributed by atoms with Gasteiger partial charge in [-0.05, 0) is 30.9 Å². The summed E-state index contributed by atoms with van der Waals surface area (Å²) in [4.78, 5) is 40.5. The molecule has 1 N–H and O–H groups in total. The first-order chi connectivity index (χ1) is 14.5. The number of benzene rings is 1. The number of hydrogen-bond donors (Lipinski definition) is 1. The van der Waals surface area contributed by atoms with Gasteiger partial charge in [-0.3, -0.25) is 19.7 Å². The van der Waals surface area contributed by atoms with Gasteiger partial charge in [0, 0.05) is 10.8 Å². The number of hydrogen-bond acceptors (Lipinski definition) is 8. The van der Waals surface area contributed by atoms with Crippen LogP contribution in [-0.2, 0) is 28.6 Å². The summed E-state index contributed by atoms with van der Waals surface area (Å²) in [7, 11) is 1.28. The van der Waals surface area contributed by atoms with Gasteiger partial charge in [0.05, 0.1) is 26.4 Å². The molecule has 1 aliphatic rings. The van der Waals surface area contributed by atoms with E-state index in [0.29, 0.717) is 5.56 Å². The smallest absolute Gasteiger partial charge is 0.326 e. The summed E-state index contributed by atoms with van der Waals surface area (Å²) in [5.74, 6) is -2.90. The van der Waals surface area contributed by atoms with Crippen LogP contribution in [0.1, 0.15) is 36.2 Å². The molecule has 1 saturated heterocycles. The molecule has 7 nitrogen and oxygen atoms in total. The van der Waals surface area contributed by atoms with Crippen LogP contribution >= 0.6 is 11.3 Å². The van der Waals surface area contributed by atoms with E-state index in [0.717, 1.165) is 4.88 Å². The molecule has 2 aromatic rings. The Labute approximate surface area is 179 Å². The third-order valence-electron chi connectivity index (χ3n) is 5.29. The monoisotopic (exact) mass is 431 g/mol. The number of thiophene rings is 1. The maximum absolute atomic E-state index is 13.5. The van der Waals surface area contributed by atoms with Crippen LogP contribution in [0.5, 0.6) is 0 Å². The van der Waals surface area contributed by atoms with E-state index in [1.165, 1.54) is 18.4 Å². The van der Waals surface area contributed by atoms with E-state index in [4.69, 9.17) is 14.2 Å². The van der Waals surface area contributed by atoms with E-state index in [2.05, 4.69) is 5.32 Å². The van der Waals surface area contributed by atoms with E-state index in [-0.39, 0.29) is 13.2 Å². The number of carbonyl (C=O) groups is 3. The molecule has 0 radical (unpaired) electrons. The fraction of sp³-hybridized carbons (Fsp3) is 0.409. The Morgan fingerprint density at radius 3 is 2.13 bits per heavy atom. The van der Waals surface area contributed by atoms with Gasteiger partial charge in [0.25, 0.3) is 0 Å². The van der Waals surface area contributed by atoms with Gasteiger partial charge in [0.15, 0.2) is 5.41 Å². The number of methoxy groups -OCH3 is 1. The van der Waals surface area contributed by atoms with Gasteiger partial charge < -0.3 is 14.2 Å². The molecule has 2 heterocycles. The van der Waals surface area contributed by atoms with Crippen molar-refractivity contribution < 1.29 is 28.6 Å². The van der Waals surface area contributed by atoms with Crippen LogP contribution in [0, 0.1) is 5.41 Å². The molecular formula is C22H25NO6S. The highest BCUT2D eigenvalue weighted by atomic mass is 32.1. The maximum Gasteiger partial charge on any atom is 0.326 e. The maximum atomic E-state index is 13.5. The number of ether oxygens (including phenoxy) is 3. The molecule has 1 aliphatic heterocycles. The molecule has 30 heavy (non-hydrogen) atoms. The van der Waals surface area contributed by atoms with Gasteiger partial charge in [0.2, 0.25) is 0 Å². The van der Waals surface area contributed by atoms with Gasteiger partial charge in [-0.15, -0.1) is 11.3 Å². The standard InChI is InChI=1S/C22H25NO6S/c1-4-28-20(25)22(21(26)29-5-2)16(14-10-7-6-8-11-14)17(19(24)27-3)23-18(22)15-12-9-13-30-15/h6-13,16-18,23H,4-5H2,1-3H3/t16-,17+,18+/m0/s1. The summed E-state index contributed by atoms with van der Waals surface area (Å²) in [5, 5.41) is 5.04. The molecule has 0 saturated carbocycles. The molecule has 1 aromatic carbocycles. The Kier molecular flexibility index (Phi) is 6.89. The second-order valence-corrected chi connectivity index (χ2v) is 7.79. The van der Waals surface area contributed by atoms with Crippen molar-refractivity contribution in [3.05, 3.63) is 58.3 Å². The van der Waals surface area contributed by atoms with Crippen LogP contribution < -0.4 is 5.32 Å². The highest BCUT2D eigenvalue weighted by molar-refractivity contribution is 7.10. The Hall–Kier alpha value is -2.71. The molecule has 8 heteroatoms. The highest BCUT2D eigenvalue weighted by Crippen LogP contribution is 2.55. The quantitative estimate of drug-likeness (QED) is 0.409. The molecule has 1 aromatic heterocycles. The van der Waals surface area contributed by atoms with Crippen LogP contribution in [0.2, 0.25) is 0 Å². The summed E-state index contributed by atoms with van der Waals surface area (Å²) in [6, 6.07) is 10.9. The van der Waals surface area contributed by atoms with Crippen molar-refractivity contribution in [3.8, 4) is 0 Å². The minimum absolute atomic E-state index is 0.0849. The van der Waals surface area contributed by atoms with Crippen molar-refractivity contribution in [1.82, 2.24) is 5.32 Å². The van der Waals surface area contributed by atoms with Crippen molar-refractivity contribution in [3.63, 3.8) is 0 Å². The molecule has 0 amide bonds. The average Bonchev–Trinajstić information content (AvgIpc) is 3.40. The second-order valence-electron chi connectivity index (χ2n) is 6.81. The number of nitrogens with one attached hydrogen (secondary N) is 1. The lowest BCUT2D eigenvalue weighted by molar-refractivity contribution is -0.174. The highest BCUT2D eigenvalue weighted by Gasteiger charge is 2.69. The summed E-state index contributed by atoms with van der Waals surface area (Å²) < 4.78 is 15.8. The number of esters is 3. The summed E-state index contributed by atoms with van der Waals surface area (Å²) in [6.07, 6.45) is 0. The van der Waals surface area contributed by atoms with Gasteiger partial charge in [-0.1, -0.05) is 36.4 Å². The fourth-order valence-electron chi connectivity index (χ4n) is 4.13. The van der Waals surface area contributed by atoms with E-state index in [1.54, 1.807) is 38.1 Å². The van der Waals surface area contributed by atoms with Crippen LogP contribution in [0.25, 0.3) is 0 Å². The van der Waals surface area contributed by atoms with E-state index in [1.807, 2.05) is 23.6 Å². The third kappa shape index (κ3) is 3.61. The zero-order valence-corrected chi connectivity index (χ0v) is 17.9. The average molecular weight is 432 g/mol. The molecule has 0 aliphatic carbocycles. The first kappa shape index (κ1) is 22.0. The van der Waals surface area contributed by atoms with Crippen molar-refractivity contribution >= 4 is 29.2 Å². The normalized spacial score (nSPS) is 22.3. The molecule has 0 bridgehead atoms. The van der Waals surface area contributed by atoms with E-state index < -0.39 is 41.3 Å². The molecule has 3 atom stereocenters. The van der Waals surface area contributed by atoms with Gasteiger partial charge >= 0.3 is 17.9 Å². The van der Waals surface area contributed by atoms with Crippen molar-refractivity contribution in [2.24, 2.45) is 5.41 Å². The zero-order chi connectivity index (χ0) is 21.7. The predicted molar refractivity (Wildman–Crippen MR) is 111 cm³/mol. The first-order valence-electron chi connectivity index (χ1n) is 9.78. The van der Waals surface area contributed by atoms with Crippen LogP contribution in [0.3, 0.4) is 0 Å². The van der Waals surface area contributed by atoms with E-state index >= 15 is 0 Å². The summed E-state index contributed by atoms with van der Waals surface area (Å²) in [5.41, 5.74) is -1.16. The molecule has 1 fully saturated rings. The Bertz CT molecular complexity index is 864. The molecule has 3 rings (SSSR count). The summed E-state index contributed by atoms with van der Waals surface area (Å²) in [6.45, 7) is 3.52. The minimum Gasteiger partial charge on any atom is -0.468 e. The van der Waals surface area contributed by atoms with Gasteiger partial charge in [-0.25, -0.2) is 0 Å².